The summed E-state index contributed by atoms with van der Waals surface area (Å²) in [6.45, 7) is 5.76. The number of amides is 1. The van der Waals surface area contributed by atoms with Crippen LogP contribution in [0.5, 0.6) is 0 Å². The minimum Gasteiger partial charge on any atom is -0.326 e. The lowest BCUT2D eigenvalue weighted by atomic mass is 10.1. The van der Waals surface area contributed by atoms with E-state index in [1.807, 2.05) is 19.9 Å². The lowest BCUT2D eigenvalue weighted by Crippen LogP contribution is -2.23. The number of fused-ring (bicyclic) bond motifs is 1. The van der Waals surface area contributed by atoms with E-state index in [4.69, 9.17) is 0 Å². The molecule has 0 fully saturated rings. The van der Waals surface area contributed by atoms with E-state index in [2.05, 4.69) is 22.4 Å². The predicted molar refractivity (Wildman–Crippen MR) is 91.1 cm³/mol. The smallest absolute Gasteiger partial charge is 0.261 e. The molecule has 3 aromatic rings. The largest absolute Gasteiger partial charge is 0.326 e. The maximum Gasteiger partial charge on any atom is 0.261 e. The van der Waals surface area contributed by atoms with Crippen molar-refractivity contribution in [2.45, 2.75) is 20.8 Å². The number of carbonyl (C=O) groups is 1. The van der Waals surface area contributed by atoms with Gasteiger partial charge >= 0.3 is 0 Å². The number of thiophene rings is 1. The first kappa shape index (κ1) is 14.5. The zero-order chi connectivity index (χ0) is 15.9. The molecule has 5 heteroatoms. The highest BCUT2D eigenvalue weighted by atomic mass is 32.1. The van der Waals surface area contributed by atoms with Gasteiger partial charge < -0.3 is 10.3 Å². The molecule has 3 rings (SSSR count). The number of pyridine rings is 1. The fourth-order valence-corrected chi connectivity index (χ4v) is 3.42. The Morgan fingerprint density at radius 2 is 1.91 bits per heavy atom. The third kappa shape index (κ3) is 2.55. The number of hydrogen-bond acceptors (Lipinski definition) is 3. The fourth-order valence-electron chi connectivity index (χ4n) is 2.42. The molecule has 1 amide bonds. The minimum atomic E-state index is -0.384. The van der Waals surface area contributed by atoms with Crippen molar-refractivity contribution in [2.24, 2.45) is 0 Å². The van der Waals surface area contributed by atoms with Crippen LogP contribution < -0.4 is 10.9 Å². The topological polar surface area (TPSA) is 62.0 Å². The van der Waals surface area contributed by atoms with Gasteiger partial charge in [-0.3, -0.25) is 9.59 Å². The lowest BCUT2D eigenvalue weighted by molar-refractivity contribution is 0.102. The van der Waals surface area contributed by atoms with Crippen molar-refractivity contribution in [3.63, 3.8) is 0 Å². The van der Waals surface area contributed by atoms with E-state index in [1.54, 1.807) is 30.4 Å². The third-order valence-corrected chi connectivity index (χ3v) is 4.64. The van der Waals surface area contributed by atoms with E-state index in [0.717, 1.165) is 31.9 Å². The monoisotopic (exact) mass is 312 g/mol. The Balaban J connectivity index is 2.02. The average molecular weight is 312 g/mol. The van der Waals surface area contributed by atoms with E-state index in [0.29, 0.717) is 0 Å². The van der Waals surface area contributed by atoms with Gasteiger partial charge in [0.25, 0.3) is 11.5 Å². The van der Waals surface area contributed by atoms with Crippen molar-refractivity contribution in [2.75, 3.05) is 5.32 Å². The summed E-state index contributed by atoms with van der Waals surface area (Å²) in [6, 6.07) is 9.43. The van der Waals surface area contributed by atoms with E-state index in [9.17, 15) is 9.59 Å². The summed E-state index contributed by atoms with van der Waals surface area (Å²) >= 11 is 1.63. The molecule has 2 N–H and O–H groups in total. The Kier molecular flexibility index (Phi) is 3.58. The zero-order valence-corrected chi connectivity index (χ0v) is 13.4. The molecular formula is C17H16N2O2S. The number of rotatable bonds is 2. The number of anilines is 1. The molecule has 0 aliphatic heterocycles. The third-order valence-electron chi connectivity index (χ3n) is 3.56. The quantitative estimate of drug-likeness (QED) is 0.756. The summed E-state index contributed by atoms with van der Waals surface area (Å²) in [5, 5.41) is 3.90. The van der Waals surface area contributed by atoms with Crippen LogP contribution in [0.3, 0.4) is 0 Å². The molecule has 2 aromatic heterocycles. The van der Waals surface area contributed by atoms with Crippen molar-refractivity contribution in [3.05, 3.63) is 62.4 Å². The molecule has 0 unspecified atom stereocenters. The highest BCUT2D eigenvalue weighted by molar-refractivity contribution is 7.19. The number of hydrogen-bond donors (Lipinski definition) is 2. The molecule has 0 saturated heterocycles. The first-order chi connectivity index (χ1) is 10.5. The van der Waals surface area contributed by atoms with E-state index >= 15 is 0 Å². The summed E-state index contributed by atoms with van der Waals surface area (Å²) in [7, 11) is 0. The van der Waals surface area contributed by atoms with Crippen LogP contribution in [0.1, 0.15) is 26.5 Å². The van der Waals surface area contributed by atoms with Gasteiger partial charge in [0.15, 0.2) is 0 Å². The maximum atomic E-state index is 12.4. The van der Waals surface area contributed by atoms with Crippen molar-refractivity contribution in [1.29, 1.82) is 0 Å². The molecule has 0 aliphatic rings. The lowest BCUT2D eigenvalue weighted by Gasteiger charge is -2.06. The van der Waals surface area contributed by atoms with E-state index < -0.39 is 0 Å². The zero-order valence-electron chi connectivity index (χ0n) is 12.6. The van der Waals surface area contributed by atoms with Gasteiger partial charge in [0.05, 0.1) is 5.69 Å². The highest BCUT2D eigenvalue weighted by Gasteiger charge is 2.15. The molecule has 0 spiro atoms. The normalized spacial score (nSPS) is 10.9. The standard InChI is InChI=1S/C17H16N2O2S/c1-9-4-7-14-13(8-9)15(11(3)22-14)19-17(21)12-6-5-10(2)18-16(12)20/h4-8H,1-3H3,(H,18,20)(H,19,21). The number of H-pyrrole nitrogens is 1. The first-order valence-corrected chi connectivity index (χ1v) is 7.78. The van der Waals surface area contributed by atoms with Gasteiger partial charge in [-0.05, 0) is 45.0 Å². The second-order valence-corrected chi connectivity index (χ2v) is 6.63. The van der Waals surface area contributed by atoms with Gasteiger partial charge in [-0.2, -0.15) is 0 Å². The Morgan fingerprint density at radius 3 is 2.64 bits per heavy atom. The minimum absolute atomic E-state index is 0.122. The van der Waals surface area contributed by atoms with E-state index in [1.165, 1.54) is 0 Å². The second-order valence-electron chi connectivity index (χ2n) is 5.37. The molecule has 0 radical (unpaired) electrons. The van der Waals surface area contributed by atoms with Gasteiger partial charge in [0, 0.05) is 20.7 Å². The summed E-state index contributed by atoms with van der Waals surface area (Å²) in [5.74, 6) is -0.384. The van der Waals surface area contributed by atoms with Crippen molar-refractivity contribution in [1.82, 2.24) is 4.98 Å². The molecule has 1 aromatic carbocycles. The first-order valence-electron chi connectivity index (χ1n) is 6.97. The van der Waals surface area contributed by atoms with Crippen LogP contribution in [-0.4, -0.2) is 10.9 Å². The van der Waals surface area contributed by atoms with Gasteiger partial charge in [-0.1, -0.05) is 11.6 Å². The predicted octanol–water partition coefficient (Wildman–Crippen LogP) is 3.77. The number of aromatic nitrogens is 1. The van der Waals surface area contributed by atoms with Gasteiger partial charge in [0.1, 0.15) is 5.56 Å². The SMILES string of the molecule is Cc1ccc2sc(C)c(NC(=O)c3ccc(C)[nH]c3=O)c2c1. The van der Waals surface area contributed by atoms with Gasteiger partial charge in [0.2, 0.25) is 0 Å². The second kappa shape index (κ2) is 5.42. The molecule has 0 bridgehead atoms. The summed E-state index contributed by atoms with van der Waals surface area (Å²) in [6.07, 6.45) is 0. The molecular weight excluding hydrogens is 296 g/mol. The molecule has 0 saturated carbocycles. The Morgan fingerprint density at radius 1 is 1.14 bits per heavy atom. The van der Waals surface area contributed by atoms with Crippen LogP contribution in [0.2, 0.25) is 0 Å². The Labute approximate surface area is 131 Å². The number of benzene rings is 1. The van der Waals surface area contributed by atoms with Gasteiger partial charge in [-0.25, -0.2) is 0 Å². The molecule has 0 aliphatic carbocycles. The average Bonchev–Trinajstić information content (AvgIpc) is 2.75. The van der Waals surface area contributed by atoms with Crippen molar-refractivity contribution >= 4 is 33.0 Å². The molecule has 22 heavy (non-hydrogen) atoms. The van der Waals surface area contributed by atoms with Crippen molar-refractivity contribution < 1.29 is 4.79 Å². The van der Waals surface area contributed by atoms with Crippen LogP contribution in [0.4, 0.5) is 5.69 Å². The van der Waals surface area contributed by atoms with Crippen LogP contribution in [0.15, 0.2) is 35.1 Å². The van der Waals surface area contributed by atoms with Crippen LogP contribution >= 0.6 is 11.3 Å². The number of carbonyl (C=O) groups excluding carboxylic acids is 1. The maximum absolute atomic E-state index is 12.4. The van der Waals surface area contributed by atoms with Crippen LogP contribution in [0, 0.1) is 20.8 Å². The van der Waals surface area contributed by atoms with Crippen molar-refractivity contribution in [3.8, 4) is 0 Å². The molecule has 0 atom stereocenters. The van der Waals surface area contributed by atoms with Crippen LogP contribution in [-0.2, 0) is 0 Å². The number of aromatic amines is 1. The Hall–Kier alpha value is -2.40. The Bertz CT molecular complexity index is 937. The molecule has 4 nitrogen and oxygen atoms in total. The van der Waals surface area contributed by atoms with E-state index in [-0.39, 0.29) is 17.0 Å². The number of nitrogens with one attached hydrogen (secondary N) is 2. The summed E-state index contributed by atoms with van der Waals surface area (Å²) in [5.41, 5.74) is 2.40. The van der Waals surface area contributed by atoms with Gasteiger partial charge in [-0.15, -0.1) is 11.3 Å². The molecule has 2 heterocycles. The highest BCUT2D eigenvalue weighted by Crippen LogP contribution is 2.35. The molecule has 112 valence electrons. The summed E-state index contributed by atoms with van der Waals surface area (Å²) < 4.78 is 1.12. The summed E-state index contributed by atoms with van der Waals surface area (Å²) in [4.78, 5) is 28.0. The van der Waals surface area contributed by atoms with Crippen LogP contribution in [0.25, 0.3) is 10.1 Å². The fraction of sp³-hybridized carbons (Fsp3) is 0.176. The number of aryl methyl sites for hydroxylation is 3.